The number of fused-ring (bicyclic) bond motifs is 1. The minimum Gasteiger partial charge on any atom is -0.493 e. The second kappa shape index (κ2) is 6.37. The van der Waals surface area contributed by atoms with E-state index in [0.29, 0.717) is 17.1 Å². The second-order valence-corrected chi connectivity index (χ2v) is 6.61. The molecule has 0 bridgehead atoms. The van der Waals surface area contributed by atoms with Crippen molar-refractivity contribution in [2.45, 2.75) is 19.0 Å². The van der Waals surface area contributed by atoms with Crippen LogP contribution < -0.4 is 14.8 Å². The van der Waals surface area contributed by atoms with Gasteiger partial charge in [-0.25, -0.2) is 0 Å². The number of ether oxygens (including phenoxy) is 2. The van der Waals surface area contributed by atoms with Crippen LogP contribution in [0.25, 0.3) is 0 Å². The van der Waals surface area contributed by atoms with Gasteiger partial charge in [0.1, 0.15) is 6.17 Å². The maximum absolute atomic E-state index is 12.6. The number of para-hydroxylation sites is 1. The lowest BCUT2D eigenvalue weighted by molar-refractivity contribution is -0.135. The normalized spacial score (nSPS) is 18.8. The molecule has 1 heterocycles. The van der Waals surface area contributed by atoms with Crippen LogP contribution in [0.15, 0.2) is 42.5 Å². The largest absolute Gasteiger partial charge is 0.493 e. The quantitative estimate of drug-likeness (QED) is 0.676. The zero-order valence-electron chi connectivity index (χ0n) is 14.7. The van der Waals surface area contributed by atoms with Crippen LogP contribution >= 0.6 is 0 Å². The number of carbonyl (C=O) groups excluding carboxylic acids is 2. The van der Waals surface area contributed by atoms with E-state index in [2.05, 4.69) is 5.32 Å². The zero-order valence-corrected chi connectivity index (χ0v) is 14.7. The summed E-state index contributed by atoms with van der Waals surface area (Å²) in [5, 5.41) is 3.37. The van der Waals surface area contributed by atoms with Gasteiger partial charge in [-0.3, -0.25) is 9.59 Å². The molecule has 6 heteroatoms. The Labute approximate surface area is 151 Å². The van der Waals surface area contributed by atoms with Crippen LogP contribution in [0.3, 0.4) is 0 Å². The Bertz CT molecular complexity index is 876. The Morgan fingerprint density at radius 2 is 1.92 bits per heavy atom. The minimum atomic E-state index is -0.334. The lowest BCUT2D eigenvalue weighted by atomic mass is 10.0. The number of nitrogens with one attached hydrogen (secondary N) is 1. The van der Waals surface area contributed by atoms with Gasteiger partial charge in [0, 0.05) is 12.7 Å². The summed E-state index contributed by atoms with van der Waals surface area (Å²) in [4.78, 5) is 26.2. The molecule has 2 aliphatic rings. The molecule has 134 valence electrons. The lowest BCUT2D eigenvalue weighted by Gasteiger charge is -2.35. The monoisotopic (exact) mass is 352 g/mol. The van der Waals surface area contributed by atoms with Gasteiger partial charge in [-0.2, -0.15) is 0 Å². The van der Waals surface area contributed by atoms with Crippen molar-refractivity contribution in [1.29, 1.82) is 0 Å². The molecule has 0 unspecified atom stereocenters. The summed E-state index contributed by atoms with van der Waals surface area (Å²) in [6.45, 7) is 0. The van der Waals surface area contributed by atoms with Gasteiger partial charge in [0.15, 0.2) is 11.5 Å². The van der Waals surface area contributed by atoms with E-state index in [-0.39, 0.29) is 24.0 Å². The molecular formula is C20H20N2O4. The van der Waals surface area contributed by atoms with Gasteiger partial charge in [0.2, 0.25) is 0 Å². The van der Waals surface area contributed by atoms with Crippen LogP contribution in [0.4, 0.5) is 5.69 Å². The average molecular weight is 352 g/mol. The van der Waals surface area contributed by atoms with Crippen molar-refractivity contribution in [3.63, 3.8) is 0 Å². The standard InChI is InChI=1S/C20H20N2O4/c1-22-18(21-15-6-4-3-5-14(15)19(22)23)13-9-10-16(17(11-13)25-2)26-20(24)12-7-8-12/h3-6,9-12,18,21H,7-8H2,1-2H3/t18-/m0/s1. The van der Waals surface area contributed by atoms with Crippen LogP contribution in [0, 0.1) is 5.92 Å². The number of rotatable bonds is 4. The van der Waals surface area contributed by atoms with Crippen molar-refractivity contribution in [2.24, 2.45) is 5.92 Å². The highest BCUT2D eigenvalue weighted by atomic mass is 16.6. The van der Waals surface area contributed by atoms with E-state index in [0.717, 1.165) is 24.1 Å². The van der Waals surface area contributed by atoms with E-state index in [4.69, 9.17) is 9.47 Å². The summed E-state index contributed by atoms with van der Waals surface area (Å²) in [6, 6.07) is 12.8. The number of anilines is 1. The number of benzene rings is 2. The molecule has 4 rings (SSSR count). The molecule has 0 aromatic heterocycles. The molecule has 1 aliphatic carbocycles. The first-order chi connectivity index (χ1) is 12.6. The minimum absolute atomic E-state index is 0.0136. The predicted octanol–water partition coefficient (Wildman–Crippen LogP) is 3.21. The topological polar surface area (TPSA) is 67.9 Å². The van der Waals surface area contributed by atoms with Gasteiger partial charge < -0.3 is 19.7 Å². The maximum Gasteiger partial charge on any atom is 0.314 e. The van der Waals surface area contributed by atoms with E-state index in [1.165, 1.54) is 7.11 Å². The van der Waals surface area contributed by atoms with Gasteiger partial charge in [-0.05, 0) is 42.7 Å². The van der Waals surface area contributed by atoms with Crippen molar-refractivity contribution in [3.05, 3.63) is 53.6 Å². The van der Waals surface area contributed by atoms with Crippen molar-refractivity contribution in [3.8, 4) is 11.5 Å². The molecule has 1 N–H and O–H groups in total. The molecule has 26 heavy (non-hydrogen) atoms. The maximum atomic E-state index is 12.6. The van der Waals surface area contributed by atoms with Crippen LogP contribution in [-0.2, 0) is 4.79 Å². The summed E-state index contributed by atoms with van der Waals surface area (Å²) < 4.78 is 10.8. The molecule has 1 fully saturated rings. The highest BCUT2D eigenvalue weighted by molar-refractivity contribution is 6.01. The molecular weight excluding hydrogens is 332 g/mol. The molecule has 6 nitrogen and oxygen atoms in total. The molecule has 0 spiro atoms. The Kier molecular flexibility index (Phi) is 4.03. The van der Waals surface area contributed by atoms with Crippen molar-refractivity contribution >= 4 is 17.6 Å². The van der Waals surface area contributed by atoms with Gasteiger partial charge in [-0.15, -0.1) is 0 Å². The Morgan fingerprint density at radius 1 is 1.15 bits per heavy atom. The number of amides is 1. The number of esters is 1. The molecule has 1 atom stereocenters. The molecule has 2 aromatic carbocycles. The van der Waals surface area contributed by atoms with Crippen molar-refractivity contribution < 1.29 is 19.1 Å². The summed E-state index contributed by atoms with van der Waals surface area (Å²) >= 11 is 0. The van der Waals surface area contributed by atoms with Crippen LogP contribution in [0.1, 0.15) is 34.9 Å². The third-order valence-electron chi connectivity index (χ3n) is 4.78. The number of hydrogen-bond acceptors (Lipinski definition) is 5. The van der Waals surface area contributed by atoms with E-state index in [9.17, 15) is 9.59 Å². The third-order valence-corrected chi connectivity index (χ3v) is 4.78. The molecule has 0 radical (unpaired) electrons. The number of carbonyl (C=O) groups is 2. The van der Waals surface area contributed by atoms with Crippen LogP contribution in [0.5, 0.6) is 11.5 Å². The fourth-order valence-electron chi connectivity index (χ4n) is 3.10. The number of hydrogen-bond donors (Lipinski definition) is 1. The summed E-state index contributed by atoms with van der Waals surface area (Å²) in [7, 11) is 3.29. The second-order valence-electron chi connectivity index (χ2n) is 6.61. The summed E-state index contributed by atoms with van der Waals surface area (Å²) in [5.41, 5.74) is 2.29. The van der Waals surface area contributed by atoms with Gasteiger partial charge >= 0.3 is 5.97 Å². The van der Waals surface area contributed by atoms with Gasteiger partial charge in [0.05, 0.1) is 18.6 Å². The lowest BCUT2D eigenvalue weighted by Crippen LogP contribution is -2.40. The smallest absolute Gasteiger partial charge is 0.314 e. The predicted molar refractivity (Wildman–Crippen MR) is 96.3 cm³/mol. The summed E-state index contributed by atoms with van der Waals surface area (Å²) in [5.74, 6) is 0.622. The van der Waals surface area contributed by atoms with Gasteiger partial charge in [-0.1, -0.05) is 18.2 Å². The fraction of sp³-hybridized carbons (Fsp3) is 0.300. The van der Waals surface area contributed by atoms with Crippen LogP contribution in [-0.4, -0.2) is 30.9 Å². The highest BCUT2D eigenvalue weighted by Crippen LogP contribution is 2.37. The average Bonchev–Trinajstić information content (AvgIpc) is 3.50. The SMILES string of the molecule is COc1cc([C@H]2Nc3ccccc3C(=O)N2C)ccc1OC(=O)C1CC1. The van der Waals surface area contributed by atoms with Crippen molar-refractivity contribution in [2.75, 3.05) is 19.5 Å². The summed E-state index contributed by atoms with van der Waals surface area (Å²) in [6.07, 6.45) is 1.44. The highest BCUT2D eigenvalue weighted by Gasteiger charge is 2.33. The Hall–Kier alpha value is -3.02. The Balaban J connectivity index is 1.63. The molecule has 1 saturated carbocycles. The van der Waals surface area contributed by atoms with Crippen molar-refractivity contribution in [1.82, 2.24) is 4.90 Å². The van der Waals surface area contributed by atoms with E-state index >= 15 is 0 Å². The van der Waals surface area contributed by atoms with Gasteiger partial charge in [0.25, 0.3) is 5.91 Å². The zero-order chi connectivity index (χ0) is 18.3. The first-order valence-electron chi connectivity index (χ1n) is 8.61. The molecule has 1 aliphatic heterocycles. The number of nitrogens with zero attached hydrogens (tertiary/aromatic N) is 1. The first kappa shape index (κ1) is 16.4. The van der Waals surface area contributed by atoms with E-state index in [1.54, 1.807) is 30.1 Å². The molecule has 0 saturated heterocycles. The van der Waals surface area contributed by atoms with E-state index in [1.807, 2.05) is 24.3 Å². The fourth-order valence-corrected chi connectivity index (χ4v) is 3.10. The van der Waals surface area contributed by atoms with Crippen LogP contribution in [0.2, 0.25) is 0 Å². The number of methoxy groups -OCH3 is 1. The molecule has 2 aromatic rings. The van der Waals surface area contributed by atoms with E-state index < -0.39 is 0 Å². The first-order valence-corrected chi connectivity index (χ1v) is 8.61. The third kappa shape index (κ3) is 2.87. The Morgan fingerprint density at radius 3 is 2.65 bits per heavy atom. The molecule has 1 amide bonds.